The Labute approximate surface area is 167 Å². The minimum absolute atomic E-state index is 0.0198. The van der Waals surface area contributed by atoms with Crippen molar-refractivity contribution in [1.82, 2.24) is 5.32 Å². The van der Waals surface area contributed by atoms with Crippen LogP contribution in [-0.4, -0.2) is 11.3 Å². The van der Waals surface area contributed by atoms with E-state index >= 15 is 0 Å². The fraction of sp³-hybridized carbons (Fsp3) is 0.522. The molecule has 3 rings (SSSR count). The van der Waals surface area contributed by atoms with E-state index in [1.54, 1.807) is 0 Å². The lowest BCUT2D eigenvalue weighted by Gasteiger charge is -2.33. The molecule has 3 N–H and O–H groups in total. The molecule has 1 amide bonds. The monoisotopic (exact) mass is 384 g/mol. The summed E-state index contributed by atoms with van der Waals surface area (Å²) in [6, 6.07) is 6.03. The minimum atomic E-state index is -0.0198. The quantitative estimate of drug-likeness (QED) is 0.689. The van der Waals surface area contributed by atoms with E-state index in [1.165, 1.54) is 16.9 Å². The molecular formula is C23H32N2OS. The largest absolute Gasteiger partial charge is 0.339 e. The van der Waals surface area contributed by atoms with E-state index in [-0.39, 0.29) is 17.2 Å². The van der Waals surface area contributed by atoms with Crippen LogP contribution >= 0.6 is 11.8 Å². The third-order valence-electron chi connectivity index (χ3n) is 5.85. The van der Waals surface area contributed by atoms with E-state index in [2.05, 4.69) is 45.7 Å². The fourth-order valence-electron chi connectivity index (χ4n) is 4.25. The standard InChI is InChI=1S/C23H32N2OS/c1-6-15-7-8-16(13-24)17(11-15)21(26)25-22-20(14(2)3)18-12-23(4,5)10-9-19(18)27-22/h7-8,11,20,22H,2,6,9-10,12-13,24H2,1,3-5H3,(H,25,26). The van der Waals surface area contributed by atoms with Crippen molar-refractivity contribution in [2.45, 2.75) is 65.3 Å². The Balaban J connectivity index is 1.84. The molecule has 27 heavy (non-hydrogen) atoms. The molecule has 3 nitrogen and oxygen atoms in total. The maximum absolute atomic E-state index is 13.1. The first-order valence-electron chi connectivity index (χ1n) is 9.92. The number of allylic oxidation sites excluding steroid dienone is 1. The van der Waals surface area contributed by atoms with Crippen molar-refractivity contribution >= 4 is 17.7 Å². The lowest BCUT2D eigenvalue weighted by atomic mass is 9.73. The van der Waals surface area contributed by atoms with Crippen LogP contribution in [0.1, 0.15) is 68.4 Å². The number of nitrogens with one attached hydrogen (secondary N) is 1. The summed E-state index contributed by atoms with van der Waals surface area (Å²) >= 11 is 1.83. The summed E-state index contributed by atoms with van der Waals surface area (Å²) in [5, 5.41) is 3.33. The first kappa shape index (κ1) is 20.2. The van der Waals surface area contributed by atoms with Crippen molar-refractivity contribution in [2.75, 3.05) is 0 Å². The Morgan fingerprint density at radius 3 is 2.78 bits per heavy atom. The second-order valence-corrected chi connectivity index (χ2v) is 9.91. The van der Waals surface area contributed by atoms with Crippen LogP contribution in [0, 0.1) is 11.3 Å². The number of carbonyl (C=O) groups is 1. The Kier molecular flexibility index (Phi) is 5.87. The second kappa shape index (κ2) is 7.84. The van der Waals surface area contributed by atoms with Crippen LogP contribution in [-0.2, 0) is 13.0 Å². The van der Waals surface area contributed by atoms with Crippen molar-refractivity contribution < 1.29 is 4.79 Å². The second-order valence-electron chi connectivity index (χ2n) is 8.67. The van der Waals surface area contributed by atoms with Gasteiger partial charge in [0.25, 0.3) is 5.91 Å². The highest BCUT2D eigenvalue weighted by atomic mass is 32.2. The number of benzene rings is 1. The fourth-order valence-corrected chi connectivity index (χ4v) is 5.82. The minimum Gasteiger partial charge on any atom is -0.339 e. The van der Waals surface area contributed by atoms with Crippen LogP contribution < -0.4 is 11.1 Å². The van der Waals surface area contributed by atoms with Gasteiger partial charge in [-0.1, -0.05) is 50.6 Å². The number of hydrogen-bond acceptors (Lipinski definition) is 3. The molecule has 0 saturated heterocycles. The summed E-state index contributed by atoms with van der Waals surface area (Å²) in [6.45, 7) is 13.5. The van der Waals surface area contributed by atoms with Gasteiger partial charge in [0.1, 0.15) is 0 Å². The molecule has 1 aromatic carbocycles. The number of thioether (sulfide) groups is 1. The maximum Gasteiger partial charge on any atom is 0.252 e. The van der Waals surface area contributed by atoms with Gasteiger partial charge >= 0.3 is 0 Å². The van der Waals surface area contributed by atoms with Gasteiger partial charge in [-0.25, -0.2) is 0 Å². The summed E-state index contributed by atoms with van der Waals surface area (Å²) in [7, 11) is 0. The predicted octanol–water partition coefficient (Wildman–Crippen LogP) is 5.17. The molecule has 0 aromatic heterocycles. The van der Waals surface area contributed by atoms with Crippen molar-refractivity contribution in [1.29, 1.82) is 0 Å². The smallest absolute Gasteiger partial charge is 0.252 e. The predicted molar refractivity (Wildman–Crippen MR) is 116 cm³/mol. The van der Waals surface area contributed by atoms with Crippen molar-refractivity contribution in [3.63, 3.8) is 0 Å². The zero-order valence-electron chi connectivity index (χ0n) is 17.0. The average molecular weight is 385 g/mol. The van der Waals surface area contributed by atoms with E-state index in [9.17, 15) is 4.79 Å². The molecule has 2 unspecified atom stereocenters. The number of hydrogen-bond donors (Lipinski definition) is 2. The van der Waals surface area contributed by atoms with Crippen molar-refractivity contribution in [3.8, 4) is 0 Å². The summed E-state index contributed by atoms with van der Waals surface area (Å²) in [6.07, 6.45) is 4.32. The van der Waals surface area contributed by atoms with Crippen LogP contribution in [0.5, 0.6) is 0 Å². The van der Waals surface area contributed by atoms with Gasteiger partial charge in [-0.15, -0.1) is 11.8 Å². The lowest BCUT2D eigenvalue weighted by molar-refractivity contribution is 0.0945. The molecule has 2 aliphatic rings. The van der Waals surface area contributed by atoms with Gasteiger partial charge in [-0.2, -0.15) is 0 Å². The van der Waals surface area contributed by atoms with Crippen LogP contribution in [0.2, 0.25) is 0 Å². The van der Waals surface area contributed by atoms with Gasteiger partial charge in [0.15, 0.2) is 0 Å². The number of nitrogens with two attached hydrogens (primary N) is 1. The summed E-state index contributed by atoms with van der Waals surface area (Å²) in [4.78, 5) is 14.6. The SMILES string of the molecule is C=C(C)C1C2=C(CCC(C)(C)C2)SC1NC(=O)c1cc(CC)ccc1CN. The van der Waals surface area contributed by atoms with Crippen molar-refractivity contribution in [3.05, 3.63) is 57.5 Å². The topological polar surface area (TPSA) is 55.1 Å². The maximum atomic E-state index is 13.1. The van der Waals surface area contributed by atoms with Crippen LogP contribution in [0.25, 0.3) is 0 Å². The molecule has 1 aromatic rings. The van der Waals surface area contributed by atoms with E-state index in [0.717, 1.165) is 36.0 Å². The highest BCUT2D eigenvalue weighted by molar-refractivity contribution is 8.04. The zero-order chi connectivity index (χ0) is 19.8. The molecule has 1 heterocycles. The van der Waals surface area contributed by atoms with Gasteiger partial charge in [0.05, 0.1) is 5.37 Å². The lowest BCUT2D eigenvalue weighted by Crippen LogP contribution is -2.38. The molecule has 0 radical (unpaired) electrons. The number of carbonyl (C=O) groups excluding carboxylic acids is 1. The van der Waals surface area contributed by atoms with Gasteiger partial charge in [0.2, 0.25) is 0 Å². The Hall–Kier alpha value is -1.52. The van der Waals surface area contributed by atoms with E-state index in [0.29, 0.717) is 17.5 Å². The Morgan fingerprint density at radius 1 is 1.41 bits per heavy atom. The molecule has 1 aliphatic carbocycles. The molecule has 0 spiro atoms. The van der Waals surface area contributed by atoms with Gasteiger partial charge in [-0.05, 0) is 60.1 Å². The van der Waals surface area contributed by atoms with E-state index in [1.807, 2.05) is 23.9 Å². The van der Waals surface area contributed by atoms with Gasteiger partial charge < -0.3 is 11.1 Å². The summed E-state index contributed by atoms with van der Waals surface area (Å²) in [5.74, 6) is 0.206. The number of aryl methyl sites for hydroxylation is 1. The first-order chi connectivity index (χ1) is 12.8. The summed E-state index contributed by atoms with van der Waals surface area (Å²) in [5.41, 5.74) is 11.6. The van der Waals surface area contributed by atoms with Crippen LogP contribution in [0.4, 0.5) is 0 Å². The molecular weight excluding hydrogens is 352 g/mol. The van der Waals surface area contributed by atoms with E-state index in [4.69, 9.17) is 5.73 Å². The number of amides is 1. The molecule has 0 bridgehead atoms. The molecule has 0 saturated carbocycles. The zero-order valence-corrected chi connectivity index (χ0v) is 17.8. The third kappa shape index (κ3) is 4.17. The molecule has 4 heteroatoms. The van der Waals surface area contributed by atoms with Crippen LogP contribution in [0.3, 0.4) is 0 Å². The van der Waals surface area contributed by atoms with Crippen LogP contribution in [0.15, 0.2) is 40.8 Å². The summed E-state index contributed by atoms with van der Waals surface area (Å²) < 4.78 is 0. The van der Waals surface area contributed by atoms with E-state index < -0.39 is 0 Å². The number of rotatable bonds is 5. The normalized spacial score (nSPS) is 23.9. The highest BCUT2D eigenvalue weighted by Crippen LogP contribution is 2.54. The van der Waals surface area contributed by atoms with Gasteiger partial charge in [0, 0.05) is 18.0 Å². The highest BCUT2D eigenvalue weighted by Gasteiger charge is 2.41. The Bertz CT molecular complexity index is 794. The molecule has 2 atom stereocenters. The molecule has 1 aliphatic heterocycles. The molecule has 0 fully saturated rings. The van der Waals surface area contributed by atoms with Gasteiger partial charge in [-0.3, -0.25) is 4.79 Å². The van der Waals surface area contributed by atoms with Crippen molar-refractivity contribution in [2.24, 2.45) is 17.1 Å². The Morgan fingerprint density at radius 2 is 2.15 bits per heavy atom. The third-order valence-corrected chi connectivity index (χ3v) is 7.25. The average Bonchev–Trinajstić information content (AvgIpc) is 2.96. The molecule has 146 valence electrons. The first-order valence-corrected chi connectivity index (χ1v) is 10.8.